The van der Waals surface area contributed by atoms with E-state index in [-0.39, 0.29) is 33.1 Å². The zero-order valence-corrected chi connectivity index (χ0v) is 10.3. The summed E-state index contributed by atoms with van der Waals surface area (Å²) in [4.78, 5) is 0. The van der Waals surface area contributed by atoms with E-state index < -0.39 is 5.82 Å². The second-order valence-corrected chi connectivity index (χ2v) is 4.01. The van der Waals surface area contributed by atoms with Crippen LogP contribution in [0.3, 0.4) is 0 Å². The maximum absolute atomic E-state index is 13.8. The Morgan fingerprint density at radius 1 is 1.53 bits per heavy atom. The summed E-state index contributed by atoms with van der Waals surface area (Å²) >= 11 is 3.07. The van der Waals surface area contributed by atoms with Crippen molar-refractivity contribution in [3.05, 3.63) is 22.4 Å². The molecule has 0 aliphatic carbocycles. The lowest BCUT2D eigenvalue weighted by Gasteiger charge is -2.09. The summed E-state index contributed by atoms with van der Waals surface area (Å²) in [5, 5.41) is 13.2. The zero-order valence-electron chi connectivity index (χ0n) is 8.70. The Kier molecular flexibility index (Phi) is 2.93. The Balaban J connectivity index is 2.66. The van der Waals surface area contributed by atoms with E-state index in [0.717, 1.165) is 6.07 Å². The Labute approximate surface area is 104 Å². The molecule has 0 fully saturated rings. The average molecular weight is 303 g/mol. The van der Waals surface area contributed by atoms with Crippen LogP contribution in [0.2, 0.25) is 0 Å². The highest BCUT2D eigenvalue weighted by molar-refractivity contribution is 9.10. The Morgan fingerprint density at radius 2 is 2.24 bits per heavy atom. The molecule has 0 amide bonds. The number of halogens is 2. The van der Waals surface area contributed by atoms with E-state index in [1.165, 1.54) is 13.2 Å². The van der Waals surface area contributed by atoms with Gasteiger partial charge in [0.25, 0.3) is 0 Å². The minimum atomic E-state index is -0.623. The number of rotatable bonds is 2. The number of hydrogen-bond acceptors (Lipinski definition) is 5. The SMILES string of the molecule is COc1cc(F)c(-c2cc(N)no2)c(Br)c1O. The molecule has 0 saturated carbocycles. The number of phenols is 1. The molecule has 90 valence electrons. The maximum atomic E-state index is 13.8. The van der Waals surface area contributed by atoms with E-state index in [1.807, 2.05) is 0 Å². The third-order valence-electron chi connectivity index (χ3n) is 2.15. The van der Waals surface area contributed by atoms with Gasteiger partial charge in [-0.15, -0.1) is 0 Å². The second-order valence-electron chi connectivity index (χ2n) is 3.21. The third kappa shape index (κ3) is 1.93. The van der Waals surface area contributed by atoms with Crippen LogP contribution < -0.4 is 10.5 Å². The Hall–Kier alpha value is -1.76. The van der Waals surface area contributed by atoms with Crippen LogP contribution in [0.5, 0.6) is 11.5 Å². The predicted molar refractivity (Wildman–Crippen MR) is 62.2 cm³/mol. The van der Waals surface area contributed by atoms with Gasteiger partial charge in [0, 0.05) is 12.1 Å². The van der Waals surface area contributed by atoms with E-state index in [9.17, 15) is 9.50 Å². The van der Waals surface area contributed by atoms with Crippen molar-refractivity contribution in [3.63, 3.8) is 0 Å². The van der Waals surface area contributed by atoms with Crippen LogP contribution in [-0.4, -0.2) is 17.4 Å². The number of nitrogen functional groups attached to an aromatic ring is 1. The average Bonchev–Trinajstić information content (AvgIpc) is 2.70. The molecule has 0 aliphatic rings. The van der Waals surface area contributed by atoms with Gasteiger partial charge in [0.1, 0.15) is 5.82 Å². The Bertz CT molecular complexity index is 571. The first-order chi connectivity index (χ1) is 8.04. The topological polar surface area (TPSA) is 81.5 Å². The molecular formula is C10H8BrFN2O3. The number of anilines is 1. The summed E-state index contributed by atoms with van der Waals surface area (Å²) in [5.41, 5.74) is 5.42. The van der Waals surface area contributed by atoms with Crippen molar-refractivity contribution in [3.8, 4) is 22.8 Å². The first-order valence-electron chi connectivity index (χ1n) is 4.52. The molecule has 0 radical (unpaired) electrons. The van der Waals surface area contributed by atoms with Crippen LogP contribution >= 0.6 is 15.9 Å². The van der Waals surface area contributed by atoms with E-state index in [1.54, 1.807) is 0 Å². The van der Waals surface area contributed by atoms with Crippen LogP contribution in [-0.2, 0) is 0 Å². The molecule has 1 heterocycles. The lowest BCUT2D eigenvalue weighted by Crippen LogP contribution is -1.91. The van der Waals surface area contributed by atoms with Crippen LogP contribution in [0, 0.1) is 5.82 Å². The summed E-state index contributed by atoms with van der Waals surface area (Å²) in [6, 6.07) is 2.41. The summed E-state index contributed by atoms with van der Waals surface area (Å²) in [7, 11) is 1.33. The number of methoxy groups -OCH3 is 1. The standard InChI is InChI=1S/C10H8BrFN2O3/c1-16-6-2-4(12)8(9(11)10(6)15)5-3-7(13)14-17-5/h2-3,15H,1H3,(H2,13,14). The minimum Gasteiger partial charge on any atom is -0.503 e. The fourth-order valence-corrected chi connectivity index (χ4v) is 1.96. The quantitative estimate of drug-likeness (QED) is 0.891. The van der Waals surface area contributed by atoms with Gasteiger partial charge in [-0.05, 0) is 15.9 Å². The molecular weight excluding hydrogens is 295 g/mol. The predicted octanol–water partition coefficient (Wildman–Crippen LogP) is 2.54. The first kappa shape index (κ1) is 11.7. The first-order valence-corrected chi connectivity index (χ1v) is 5.31. The minimum absolute atomic E-state index is 0.0191. The third-order valence-corrected chi connectivity index (χ3v) is 2.92. The van der Waals surface area contributed by atoms with Crippen molar-refractivity contribution in [1.29, 1.82) is 0 Å². The molecule has 2 aromatic rings. The fourth-order valence-electron chi connectivity index (χ4n) is 1.38. The van der Waals surface area contributed by atoms with E-state index in [4.69, 9.17) is 15.0 Å². The van der Waals surface area contributed by atoms with Crippen LogP contribution in [0.25, 0.3) is 11.3 Å². The molecule has 2 rings (SSSR count). The number of phenolic OH excluding ortho intramolecular Hbond substituents is 1. The maximum Gasteiger partial charge on any atom is 0.173 e. The van der Waals surface area contributed by atoms with Crippen molar-refractivity contribution in [1.82, 2.24) is 5.16 Å². The second kappa shape index (κ2) is 4.25. The largest absolute Gasteiger partial charge is 0.503 e. The van der Waals surface area contributed by atoms with Crippen LogP contribution in [0.15, 0.2) is 21.1 Å². The van der Waals surface area contributed by atoms with E-state index in [0.29, 0.717) is 0 Å². The van der Waals surface area contributed by atoms with Gasteiger partial charge in [0.15, 0.2) is 23.1 Å². The molecule has 0 atom stereocenters. The number of ether oxygens (including phenoxy) is 1. The van der Waals surface area contributed by atoms with Gasteiger partial charge in [-0.2, -0.15) is 0 Å². The normalized spacial score (nSPS) is 10.5. The lowest BCUT2D eigenvalue weighted by molar-refractivity contribution is 0.368. The van der Waals surface area contributed by atoms with Crippen molar-refractivity contribution in [2.45, 2.75) is 0 Å². The molecule has 0 spiro atoms. The van der Waals surface area contributed by atoms with Gasteiger partial charge in [0.05, 0.1) is 17.1 Å². The van der Waals surface area contributed by atoms with Crippen molar-refractivity contribution in [2.24, 2.45) is 0 Å². The number of aromatic nitrogens is 1. The molecule has 1 aromatic carbocycles. The van der Waals surface area contributed by atoms with E-state index in [2.05, 4.69) is 21.1 Å². The molecule has 3 N–H and O–H groups in total. The number of aromatic hydroxyl groups is 1. The highest BCUT2D eigenvalue weighted by Gasteiger charge is 2.21. The van der Waals surface area contributed by atoms with Gasteiger partial charge in [-0.3, -0.25) is 0 Å². The lowest BCUT2D eigenvalue weighted by atomic mass is 10.1. The highest BCUT2D eigenvalue weighted by Crippen LogP contribution is 2.43. The van der Waals surface area contributed by atoms with Gasteiger partial charge in [-0.1, -0.05) is 5.16 Å². The zero-order chi connectivity index (χ0) is 12.6. The summed E-state index contributed by atoms with van der Waals surface area (Å²) in [6.07, 6.45) is 0. The summed E-state index contributed by atoms with van der Waals surface area (Å²) in [6.45, 7) is 0. The van der Waals surface area contributed by atoms with Crippen LogP contribution in [0.1, 0.15) is 0 Å². The molecule has 7 heteroatoms. The number of nitrogens with zero attached hydrogens (tertiary/aromatic N) is 1. The van der Waals surface area contributed by atoms with Crippen molar-refractivity contribution < 1.29 is 18.8 Å². The highest BCUT2D eigenvalue weighted by atomic mass is 79.9. The number of benzene rings is 1. The summed E-state index contributed by atoms with van der Waals surface area (Å²) in [5.74, 6) is -0.585. The molecule has 0 unspecified atom stereocenters. The van der Waals surface area contributed by atoms with Gasteiger partial charge < -0.3 is 20.1 Å². The molecule has 0 saturated heterocycles. The number of hydrogen-bond donors (Lipinski definition) is 2. The Morgan fingerprint density at radius 3 is 2.76 bits per heavy atom. The molecule has 0 bridgehead atoms. The van der Waals surface area contributed by atoms with Crippen molar-refractivity contribution >= 4 is 21.7 Å². The van der Waals surface area contributed by atoms with Gasteiger partial charge in [0.2, 0.25) is 0 Å². The molecule has 5 nitrogen and oxygen atoms in total. The summed E-state index contributed by atoms with van der Waals surface area (Å²) < 4.78 is 23.6. The molecule has 0 aliphatic heterocycles. The monoisotopic (exact) mass is 302 g/mol. The smallest absolute Gasteiger partial charge is 0.173 e. The van der Waals surface area contributed by atoms with Crippen LogP contribution in [0.4, 0.5) is 10.2 Å². The molecule has 17 heavy (non-hydrogen) atoms. The molecule has 1 aromatic heterocycles. The van der Waals surface area contributed by atoms with Gasteiger partial charge in [-0.25, -0.2) is 4.39 Å². The fraction of sp³-hybridized carbons (Fsp3) is 0.100. The number of nitrogens with two attached hydrogens (primary N) is 1. The van der Waals surface area contributed by atoms with Crippen molar-refractivity contribution in [2.75, 3.05) is 12.8 Å². The van der Waals surface area contributed by atoms with Gasteiger partial charge >= 0.3 is 0 Å². The van der Waals surface area contributed by atoms with E-state index >= 15 is 0 Å².